The number of hydrogen-bond donors (Lipinski definition) is 1. The smallest absolute Gasteiger partial charge is 0.242 e. The Labute approximate surface area is 224 Å². The van der Waals surface area contributed by atoms with Crippen molar-refractivity contribution in [2.75, 3.05) is 17.1 Å². The van der Waals surface area contributed by atoms with Crippen LogP contribution in [0.1, 0.15) is 51.2 Å². The SMILES string of the molecule is CC[C@@H](C)NC(=O)[C@@H](C)N(Cc1ccc(Cl)cc1Cl)C(=O)CCCN(c1ccc(C)cc1)S(C)(=O)=O. The fraction of sp³-hybridized carbons (Fsp3) is 0.462. The van der Waals surface area contributed by atoms with Crippen molar-refractivity contribution in [3.8, 4) is 0 Å². The average molecular weight is 557 g/mol. The second kappa shape index (κ2) is 13.3. The van der Waals surface area contributed by atoms with Crippen LogP contribution in [-0.4, -0.2) is 50.0 Å². The van der Waals surface area contributed by atoms with Gasteiger partial charge in [0, 0.05) is 35.6 Å². The van der Waals surface area contributed by atoms with E-state index in [1.807, 2.05) is 32.9 Å². The van der Waals surface area contributed by atoms with E-state index in [1.54, 1.807) is 37.3 Å². The van der Waals surface area contributed by atoms with Crippen LogP contribution in [0.3, 0.4) is 0 Å². The third kappa shape index (κ3) is 8.68. The molecule has 0 radical (unpaired) electrons. The number of nitrogens with one attached hydrogen (secondary N) is 1. The zero-order chi connectivity index (χ0) is 27.0. The molecule has 2 rings (SSSR count). The fourth-order valence-electron chi connectivity index (χ4n) is 3.60. The fourth-order valence-corrected chi connectivity index (χ4v) is 5.03. The summed E-state index contributed by atoms with van der Waals surface area (Å²) in [5, 5.41) is 3.79. The first-order chi connectivity index (χ1) is 16.8. The van der Waals surface area contributed by atoms with Crippen LogP contribution >= 0.6 is 23.2 Å². The Bertz CT molecular complexity index is 1160. The molecule has 2 atom stereocenters. The summed E-state index contributed by atoms with van der Waals surface area (Å²) in [4.78, 5) is 27.7. The lowest BCUT2D eigenvalue weighted by molar-refractivity contribution is -0.140. The van der Waals surface area contributed by atoms with Crippen LogP contribution in [0.5, 0.6) is 0 Å². The molecule has 0 aliphatic carbocycles. The Morgan fingerprint density at radius 3 is 2.25 bits per heavy atom. The molecule has 7 nitrogen and oxygen atoms in total. The molecule has 0 spiro atoms. The van der Waals surface area contributed by atoms with Gasteiger partial charge < -0.3 is 10.2 Å². The van der Waals surface area contributed by atoms with Gasteiger partial charge in [0.05, 0.1) is 11.9 Å². The minimum absolute atomic E-state index is 0.0335. The lowest BCUT2D eigenvalue weighted by Crippen LogP contribution is -2.49. The van der Waals surface area contributed by atoms with Gasteiger partial charge in [0.15, 0.2) is 0 Å². The summed E-state index contributed by atoms with van der Waals surface area (Å²) < 4.78 is 26.1. The monoisotopic (exact) mass is 555 g/mol. The van der Waals surface area contributed by atoms with E-state index in [1.165, 1.54) is 9.21 Å². The molecule has 0 heterocycles. The molecule has 0 saturated carbocycles. The van der Waals surface area contributed by atoms with Gasteiger partial charge in [-0.15, -0.1) is 0 Å². The van der Waals surface area contributed by atoms with Crippen molar-refractivity contribution in [3.63, 3.8) is 0 Å². The summed E-state index contributed by atoms with van der Waals surface area (Å²) in [5.41, 5.74) is 2.22. The molecule has 0 aliphatic heterocycles. The van der Waals surface area contributed by atoms with E-state index in [0.29, 0.717) is 21.3 Å². The van der Waals surface area contributed by atoms with Crippen LogP contribution in [0.4, 0.5) is 5.69 Å². The molecule has 10 heteroatoms. The molecular weight excluding hydrogens is 521 g/mol. The number of aryl methyl sites for hydroxylation is 1. The minimum atomic E-state index is -3.54. The number of anilines is 1. The Balaban J connectivity index is 2.20. The lowest BCUT2D eigenvalue weighted by Gasteiger charge is -2.30. The van der Waals surface area contributed by atoms with Crippen LogP contribution in [0.2, 0.25) is 10.0 Å². The molecule has 0 bridgehead atoms. The molecule has 2 amide bonds. The van der Waals surface area contributed by atoms with Gasteiger partial charge in [-0.05, 0) is 63.4 Å². The number of carbonyl (C=O) groups excluding carboxylic acids is 2. The highest BCUT2D eigenvalue weighted by Crippen LogP contribution is 2.24. The number of halogens is 2. The normalized spacial score (nSPS) is 13.1. The first kappa shape index (κ1) is 29.9. The number of amides is 2. The number of carbonyl (C=O) groups is 2. The highest BCUT2D eigenvalue weighted by atomic mass is 35.5. The van der Waals surface area contributed by atoms with Gasteiger partial charge in [0.2, 0.25) is 21.8 Å². The third-order valence-corrected chi connectivity index (χ3v) is 7.78. The molecule has 0 aliphatic rings. The van der Waals surface area contributed by atoms with Crippen LogP contribution < -0.4 is 9.62 Å². The maximum atomic E-state index is 13.3. The summed E-state index contributed by atoms with van der Waals surface area (Å²) in [6.45, 7) is 7.72. The highest BCUT2D eigenvalue weighted by molar-refractivity contribution is 7.92. The molecule has 0 unspecified atom stereocenters. The molecule has 0 aromatic heterocycles. The van der Waals surface area contributed by atoms with Crippen molar-refractivity contribution >= 4 is 50.7 Å². The van der Waals surface area contributed by atoms with Gasteiger partial charge >= 0.3 is 0 Å². The number of nitrogens with zero attached hydrogens (tertiary/aromatic N) is 2. The molecule has 2 aromatic rings. The van der Waals surface area contributed by atoms with Gasteiger partial charge in [-0.1, -0.05) is 53.9 Å². The van der Waals surface area contributed by atoms with E-state index in [0.717, 1.165) is 18.2 Å². The van der Waals surface area contributed by atoms with Gasteiger partial charge in [0.25, 0.3) is 0 Å². The first-order valence-electron chi connectivity index (χ1n) is 11.9. The summed E-state index contributed by atoms with van der Waals surface area (Å²) in [5.74, 6) is -0.537. The van der Waals surface area contributed by atoms with Crippen LogP contribution in [-0.2, 0) is 26.2 Å². The predicted molar refractivity (Wildman–Crippen MR) is 147 cm³/mol. The molecule has 2 aromatic carbocycles. The topological polar surface area (TPSA) is 86.8 Å². The van der Waals surface area contributed by atoms with E-state index >= 15 is 0 Å². The van der Waals surface area contributed by atoms with Crippen molar-refractivity contribution in [3.05, 3.63) is 63.6 Å². The van der Waals surface area contributed by atoms with E-state index in [9.17, 15) is 18.0 Å². The zero-order valence-electron chi connectivity index (χ0n) is 21.4. The maximum Gasteiger partial charge on any atom is 0.242 e. The highest BCUT2D eigenvalue weighted by Gasteiger charge is 2.27. The van der Waals surface area contributed by atoms with Crippen LogP contribution in [0, 0.1) is 6.92 Å². The van der Waals surface area contributed by atoms with Crippen molar-refractivity contribution < 1.29 is 18.0 Å². The van der Waals surface area contributed by atoms with E-state index in [4.69, 9.17) is 23.2 Å². The largest absolute Gasteiger partial charge is 0.352 e. The summed E-state index contributed by atoms with van der Waals surface area (Å²) in [6, 6.07) is 11.4. The lowest BCUT2D eigenvalue weighted by atomic mass is 10.1. The molecule has 1 N–H and O–H groups in total. The Kier molecular flexibility index (Phi) is 11.1. The van der Waals surface area contributed by atoms with E-state index < -0.39 is 16.1 Å². The van der Waals surface area contributed by atoms with Crippen molar-refractivity contribution in [1.82, 2.24) is 10.2 Å². The number of sulfonamides is 1. The van der Waals surface area contributed by atoms with Gasteiger partial charge in [-0.25, -0.2) is 8.42 Å². The zero-order valence-corrected chi connectivity index (χ0v) is 23.8. The molecule has 0 fully saturated rings. The number of rotatable bonds is 12. The van der Waals surface area contributed by atoms with Gasteiger partial charge in [0.1, 0.15) is 6.04 Å². The summed E-state index contributed by atoms with van der Waals surface area (Å²) in [7, 11) is -3.54. The second-order valence-electron chi connectivity index (χ2n) is 9.03. The van der Waals surface area contributed by atoms with Crippen molar-refractivity contribution in [2.24, 2.45) is 0 Å². The van der Waals surface area contributed by atoms with Crippen molar-refractivity contribution in [2.45, 2.75) is 65.6 Å². The molecular formula is C26H35Cl2N3O4S. The Morgan fingerprint density at radius 1 is 1.06 bits per heavy atom. The maximum absolute atomic E-state index is 13.3. The second-order valence-corrected chi connectivity index (χ2v) is 11.8. The van der Waals surface area contributed by atoms with Gasteiger partial charge in [-0.3, -0.25) is 13.9 Å². The minimum Gasteiger partial charge on any atom is -0.352 e. The quantitative estimate of drug-likeness (QED) is 0.391. The summed E-state index contributed by atoms with van der Waals surface area (Å²) >= 11 is 12.4. The van der Waals surface area contributed by atoms with Crippen LogP contribution in [0.15, 0.2) is 42.5 Å². The average Bonchev–Trinajstić information content (AvgIpc) is 2.80. The standard InChI is InChI=1S/C26H35Cl2N3O4S/c1-6-19(3)29-26(33)20(4)30(17-21-11-12-22(27)16-24(21)28)25(32)8-7-15-31(36(5,34)35)23-13-9-18(2)10-14-23/h9-14,16,19-20H,6-8,15,17H2,1-5H3,(H,29,33)/t19-,20-/m1/s1. The van der Waals surface area contributed by atoms with E-state index in [2.05, 4.69) is 5.32 Å². The molecule has 36 heavy (non-hydrogen) atoms. The third-order valence-electron chi connectivity index (χ3n) is 6.00. The molecule has 0 saturated heterocycles. The Hall–Kier alpha value is -2.29. The van der Waals surface area contributed by atoms with Crippen molar-refractivity contribution in [1.29, 1.82) is 0 Å². The first-order valence-corrected chi connectivity index (χ1v) is 14.5. The number of benzene rings is 2. The molecule has 198 valence electrons. The van der Waals surface area contributed by atoms with Crippen LogP contribution in [0.25, 0.3) is 0 Å². The number of hydrogen-bond acceptors (Lipinski definition) is 4. The van der Waals surface area contributed by atoms with E-state index in [-0.39, 0.29) is 43.8 Å². The summed E-state index contributed by atoms with van der Waals surface area (Å²) in [6.07, 6.45) is 2.24. The predicted octanol–water partition coefficient (Wildman–Crippen LogP) is 5.18. The Morgan fingerprint density at radius 2 is 1.69 bits per heavy atom. The van der Waals surface area contributed by atoms with Gasteiger partial charge in [-0.2, -0.15) is 0 Å².